The number of carboxylic acids is 1. The Morgan fingerprint density at radius 2 is 1.87 bits per heavy atom. The van der Waals surface area contributed by atoms with E-state index in [0.717, 1.165) is 25.2 Å². The van der Waals surface area contributed by atoms with Crippen LogP contribution in [-0.4, -0.2) is 15.6 Å². The summed E-state index contributed by atoms with van der Waals surface area (Å²) in [5.41, 5.74) is 1.23. The molecule has 23 heavy (non-hydrogen) atoms. The van der Waals surface area contributed by atoms with E-state index in [1.807, 2.05) is 35.2 Å². The molecule has 0 fully saturated rings. The third kappa shape index (κ3) is 5.55. The molecule has 4 heteroatoms. The Balaban J connectivity index is 2.07. The van der Waals surface area contributed by atoms with Gasteiger partial charge in [-0.15, -0.1) is 0 Å². The van der Waals surface area contributed by atoms with Crippen molar-refractivity contribution in [3.8, 4) is 0 Å². The van der Waals surface area contributed by atoms with Crippen LogP contribution in [0, 0.1) is 0 Å². The first-order valence-corrected chi connectivity index (χ1v) is 8.54. The Labute approximate surface area is 138 Å². The van der Waals surface area contributed by atoms with Crippen molar-refractivity contribution in [2.45, 2.75) is 58.5 Å². The van der Waals surface area contributed by atoms with Crippen LogP contribution in [0.2, 0.25) is 0 Å². The number of aromatic nitrogens is 2. The third-order valence-corrected chi connectivity index (χ3v) is 4.09. The summed E-state index contributed by atoms with van der Waals surface area (Å²) in [5.74, 6) is 0.312. The third-order valence-electron chi connectivity index (χ3n) is 4.09. The molecule has 2 rings (SSSR count). The van der Waals surface area contributed by atoms with E-state index in [1.165, 1.54) is 31.2 Å². The van der Waals surface area contributed by atoms with Crippen molar-refractivity contribution in [2.75, 3.05) is 0 Å². The molecule has 0 aliphatic rings. The molecule has 0 amide bonds. The predicted molar refractivity (Wildman–Crippen MR) is 90.3 cm³/mol. The van der Waals surface area contributed by atoms with Crippen LogP contribution in [0.25, 0.3) is 0 Å². The van der Waals surface area contributed by atoms with Crippen molar-refractivity contribution >= 4 is 5.97 Å². The summed E-state index contributed by atoms with van der Waals surface area (Å²) in [7, 11) is 0. The van der Waals surface area contributed by atoms with Crippen LogP contribution in [0.1, 0.15) is 50.4 Å². The molecule has 4 nitrogen and oxygen atoms in total. The van der Waals surface area contributed by atoms with E-state index in [-0.39, 0.29) is 6.54 Å². The van der Waals surface area contributed by atoms with Crippen LogP contribution >= 0.6 is 0 Å². The molecule has 1 aromatic heterocycles. The summed E-state index contributed by atoms with van der Waals surface area (Å²) in [6.07, 6.45) is 10.9. The summed E-state index contributed by atoms with van der Waals surface area (Å²) in [6, 6.07) is 10.3. The normalized spacial score (nSPS) is 10.8. The van der Waals surface area contributed by atoms with Gasteiger partial charge in [0.2, 0.25) is 0 Å². The number of benzene rings is 1. The number of hydrogen-bond donors (Lipinski definition) is 1. The lowest BCUT2D eigenvalue weighted by Crippen LogP contribution is -2.38. The SMILES string of the molecule is CCCCCCCc1n(CC(=O)O)cc[n+]1Cc1ccccc1. The van der Waals surface area contributed by atoms with Gasteiger partial charge in [-0.1, -0.05) is 62.9 Å². The van der Waals surface area contributed by atoms with Crippen LogP contribution in [0.15, 0.2) is 42.7 Å². The Morgan fingerprint density at radius 1 is 1.13 bits per heavy atom. The molecule has 1 aromatic carbocycles. The molecule has 0 bridgehead atoms. The zero-order valence-electron chi connectivity index (χ0n) is 13.9. The summed E-state index contributed by atoms with van der Waals surface area (Å²) in [5, 5.41) is 9.10. The first kappa shape index (κ1) is 17.3. The average molecular weight is 315 g/mol. The Bertz CT molecular complexity index is 605. The molecule has 124 valence electrons. The summed E-state index contributed by atoms with van der Waals surface area (Å²) >= 11 is 0. The van der Waals surface area contributed by atoms with E-state index in [1.54, 1.807) is 0 Å². The molecular formula is C19H27N2O2+. The lowest BCUT2D eigenvalue weighted by molar-refractivity contribution is -0.695. The number of rotatable bonds is 10. The van der Waals surface area contributed by atoms with Gasteiger partial charge in [0.05, 0.1) is 0 Å². The minimum Gasteiger partial charge on any atom is -0.478 e. The molecule has 1 N–H and O–H groups in total. The maximum atomic E-state index is 11.1. The van der Waals surface area contributed by atoms with Gasteiger partial charge in [0.25, 0.3) is 5.82 Å². The van der Waals surface area contributed by atoms with E-state index in [2.05, 4.69) is 23.6 Å². The van der Waals surface area contributed by atoms with E-state index in [0.29, 0.717) is 0 Å². The van der Waals surface area contributed by atoms with Gasteiger partial charge in [0.15, 0.2) is 6.54 Å². The average Bonchev–Trinajstić information content (AvgIpc) is 2.89. The summed E-state index contributed by atoms with van der Waals surface area (Å²) in [4.78, 5) is 11.1. The topological polar surface area (TPSA) is 46.1 Å². The lowest BCUT2D eigenvalue weighted by atomic mass is 10.1. The smallest absolute Gasteiger partial charge is 0.346 e. The van der Waals surface area contributed by atoms with Crippen LogP contribution < -0.4 is 4.57 Å². The molecule has 1 heterocycles. The fourth-order valence-electron chi connectivity index (χ4n) is 2.89. The van der Waals surface area contributed by atoms with E-state index >= 15 is 0 Å². The first-order valence-electron chi connectivity index (χ1n) is 8.54. The van der Waals surface area contributed by atoms with Gasteiger partial charge < -0.3 is 5.11 Å². The molecule has 0 aliphatic heterocycles. The van der Waals surface area contributed by atoms with Crippen molar-refractivity contribution in [3.63, 3.8) is 0 Å². The lowest BCUT2D eigenvalue weighted by Gasteiger charge is -2.05. The van der Waals surface area contributed by atoms with Gasteiger partial charge in [-0.05, 0) is 12.0 Å². The zero-order chi connectivity index (χ0) is 16.5. The van der Waals surface area contributed by atoms with E-state index in [4.69, 9.17) is 5.11 Å². The number of hydrogen-bond acceptors (Lipinski definition) is 1. The van der Waals surface area contributed by atoms with Gasteiger partial charge in [-0.25, -0.2) is 13.9 Å². The van der Waals surface area contributed by atoms with Crippen LogP contribution in [0.3, 0.4) is 0 Å². The zero-order valence-corrected chi connectivity index (χ0v) is 13.9. The van der Waals surface area contributed by atoms with E-state index < -0.39 is 5.97 Å². The van der Waals surface area contributed by atoms with Crippen LogP contribution in [0.4, 0.5) is 0 Å². The number of nitrogens with zero attached hydrogens (tertiary/aromatic N) is 2. The summed E-state index contributed by atoms with van der Waals surface area (Å²) in [6.45, 7) is 3.04. The van der Waals surface area contributed by atoms with Gasteiger partial charge >= 0.3 is 5.97 Å². The Kier molecular flexibility index (Phi) is 6.85. The van der Waals surface area contributed by atoms with Gasteiger partial charge in [0.1, 0.15) is 18.9 Å². The maximum Gasteiger partial charge on any atom is 0.346 e. The van der Waals surface area contributed by atoms with Gasteiger partial charge in [-0.2, -0.15) is 0 Å². The second-order valence-electron chi connectivity index (χ2n) is 6.01. The van der Waals surface area contributed by atoms with Gasteiger partial charge in [0, 0.05) is 6.42 Å². The second-order valence-corrected chi connectivity index (χ2v) is 6.01. The number of carbonyl (C=O) groups is 1. The maximum absolute atomic E-state index is 11.1. The molecule has 0 saturated heterocycles. The highest BCUT2D eigenvalue weighted by Gasteiger charge is 2.19. The molecule has 0 atom stereocenters. The Morgan fingerprint density at radius 3 is 2.57 bits per heavy atom. The molecule has 0 saturated carbocycles. The molecule has 0 aliphatic carbocycles. The molecular weight excluding hydrogens is 288 g/mol. The van der Waals surface area contributed by atoms with Crippen molar-refractivity contribution < 1.29 is 14.5 Å². The molecule has 0 spiro atoms. The quantitative estimate of drug-likeness (QED) is 0.539. The minimum absolute atomic E-state index is 0.0338. The number of aliphatic carboxylic acids is 1. The molecule has 0 radical (unpaired) electrons. The van der Waals surface area contributed by atoms with Gasteiger partial charge in [-0.3, -0.25) is 0 Å². The summed E-state index contributed by atoms with van der Waals surface area (Å²) < 4.78 is 4.04. The molecule has 0 unspecified atom stereocenters. The van der Waals surface area contributed by atoms with Crippen LogP contribution in [0.5, 0.6) is 0 Å². The largest absolute Gasteiger partial charge is 0.478 e. The monoisotopic (exact) mass is 315 g/mol. The number of carboxylic acid groups (broad SMARTS) is 1. The second kappa shape index (κ2) is 9.13. The van der Waals surface area contributed by atoms with Crippen molar-refractivity contribution in [1.29, 1.82) is 0 Å². The molecule has 2 aromatic rings. The van der Waals surface area contributed by atoms with Crippen LogP contribution in [-0.2, 0) is 24.3 Å². The highest BCUT2D eigenvalue weighted by molar-refractivity contribution is 5.66. The highest BCUT2D eigenvalue weighted by atomic mass is 16.4. The van der Waals surface area contributed by atoms with Crippen molar-refractivity contribution in [3.05, 3.63) is 54.1 Å². The van der Waals surface area contributed by atoms with Crippen molar-refractivity contribution in [2.24, 2.45) is 0 Å². The Hall–Kier alpha value is -2.10. The number of imidazole rings is 1. The van der Waals surface area contributed by atoms with Crippen molar-refractivity contribution in [1.82, 2.24) is 4.57 Å². The fourth-order valence-corrected chi connectivity index (χ4v) is 2.89. The standard InChI is InChI=1S/C19H26N2O2/c1-2-3-4-5-9-12-18-20(13-14-21(18)16-19(22)23)15-17-10-7-6-8-11-17/h6-8,10-11,13-14H,2-5,9,12,15-16H2,1H3/p+1. The van der Waals surface area contributed by atoms with E-state index in [9.17, 15) is 4.79 Å². The fraction of sp³-hybridized carbons (Fsp3) is 0.474. The first-order chi connectivity index (χ1) is 11.2. The minimum atomic E-state index is -0.792. The predicted octanol–water partition coefficient (Wildman–Crippen LogP) is 3.42. The number of unbranched alkanes of at least 4 members (excludes halogenated alkanes) is 4. The highest BCUT2D eigenvalue weighted by Crippen LogP contribution is 2.08.